The fourth-order valence-corrected chi connectivity index (χ4v) is 4.56. The summed E-state index contributed by atoms with van der Waals surface area (Å²) in [6, 6.07) is 29.5. The molecule has 7 rings (SSSR count). The molecule has 9 nitrogen and oxygen atoms in total. The summed E-state index contributed by atoms with van der Waals surface area (Å²) in [5.41, 5.74) is 5.10. The molecule has 0 atom stereocenters. The zero-order chi connectivity index (χ0) is 26.0. The van der Waals surface area contributed by atoms with Gasteiger partial charge in [0.15, 0.2) is 17.5 Å². The van der Waals surface area contributed by atoms with E-state index in [4.69, 9.17) is 15.0 Å². The van der Waals surface area contributed by atoms with Gasteiger partial charge in [0.2, 0.25) is 0 Å². The van der Waals surface area contributed by atoms with E-state index in [1.807, 2.05) is 124 Å². The van der Waals surface area contributed by atoms with Crippen LogP contribution in [-0.2, 0) is 0 Å². The zero-order valence-electron chi connectivity index (χ0n) is 20.6. The van der Waals surface area contributed by atoms with E-state index in [1.54, 1.807) is 18.6 Å². The Kier molecular flexibility index (Phi) is 5.56. The van der Waals surface area contributed by atoms with Gasteiger partial charge in [-0.1, -0.05) is 36.4 Å². The Hall–Kier alpha value is -5.70. The lowest BCUT2D eigenvalue weighted by Gasteiger charge is -2.14. The van der Waals surface area contributed by atoms with Crippen molar-refractivity contribution in [2.75, 3.05) is 0 Å². The smallest absolute Gasteiger partial charge is 0.166 e. The van der Waals surface area contributed by atoms with Gasteiger partial charge in [-0.3, -0.25) is 0 Å². The molecule has 4 aromatic heterocycles. The first-order valence-electron chi connectivity index (χ1n) is 12.4. The lowest BCUT2D eigenvalue weighted by molar-refractivity contribution is 0.874. The van der Waals surface area contributed by atoms with Crippen LogP contribution in [0.4, 0.5) is 0 Å². The second-order valence-corrected chi connectivity index (χ2v) is 8.71. The fraction of sp³-hybridized carbons (Fsp3) is 0. The van der Waals surface area contributed by atoms with Crippen molar-refractivity contribution in [1.82, 2.24) is 44.3 Å². The Balaban J connectivity index is 1.50. The van der Waals surface area contributed by atoms with Gasteiger partial charge in [0.1, 0.15) is 0 Å². The lowest BCUT2D eigenvalue weighted by atomic mass is 10.1. The normalized spacial score (nSPS) is 11.1. The molecule has 0 unspecified atom stereocenters. The molecule has 0 saturated carbocycles. The van der Waals surface area contributed by atoms with E-state index in [1.165, 1.54) is 0 Å². The third-order valence-electron chi connectivity index (χ3n) is 6.32. The molecule has 0 aliphatic heterocycles. The monoisotopic (exact) mass is 507 g/mol. The van der Waals surface area contributed by atoms with E-state index in [0.29, 0.717) is 17.5 Å². The van der Waals surface area contributed by atoms with Crippen molar-refractivity contribution in [3.8, 4) is 51.2 Å². The first-order valence-corrected chi connectivity index (χ1v) is 12.4. The highest BCUT2D eigenvalue weighted by Gasteiger charge is 2.19. The van der Waals surface area contributed by atoms with E-state index in [2.05, 4.69) is 15.3 Å². The lowest BCUT2D eigenvalue weighted by Crippen LogP contribution is -2.07. The molecule has 0 fully saturated rings. The number of nitrogens with zero attached hydrogens (tertiary/aromatic N) is 9. The number of rotatable bonds is 6. The number of benzene rings is 3. The maximum absolute atomic E-state index is 5.01. The van der Waals surface area contributed by atoms with Crippen molar-refractivity contribution in [3.63, 3.8) is 0 Å². The minimum Gasteiger partial charge on any atom is -0.240 e. The van der Waals surface area contributed by atoms with Crippen molar-refractivity contribution in [2.24, 2.45) is 0 Å². The molecule has 39 heavy (non-hydrogen) atoms. The Morgan fingerprint density at radius 3 is 0.949 bits per heavy atom. The van der Waals surface area contributed by atoms with E-state index < -0.39 is 0 Å². The summed E-state index contributed by atoms with van der Waals surface area (Å²) >= 11 is 0. The van der Waals surface area contributed by atoms with Crippen LogP contribution >= 0.6 is 0 Å². The van der Waals surface area contributed by atoms with E-state index in [9.17, 15) is 0 Å². The molecular weight excluding hydrogens is 486 g/mol. The molecule has 0 saturated heterocycles. The van der Waals surface area contributed by atoms with Crippen LogP contribution in [-0.4, -0.2) is 44.3 Å². The van der Waals surface area contributed by atoms with Crippen molar-refractivity contribution in [2.45, 2.75) is 0 Å². The summed E-state index contributed by atoms with van der Waals surface area (Å²) < 4.78 is 5.44. The van der Waals surface area contributed by atoms with Gasteiger partial charge in [-0.25, -0.2) is 29.0 Å². The molecule has 186 valence electrons. The van der Waals surface area contributed by atoms with E-state index >= 15 is 0 Å². The van der Waals surface area contributed by atoms with Crippen molar-refractivity contribution < 1.29 is 0 Å². The van der Waals surface area contributed by atoms with Crippen LogP contribution in [0, 0.1) is 0 Å². The first-order chi connectivity index (χ1) is 19.3. The topological polar surface area (TPSA) is 92.1 Å². The highest BCUT2D eigenvalue weighted by atomic mass is 15.3. The van der Waals surface area contributed by atoms with Crippen LogP contribution in [0.5, 0.6) is 0 Å². The van der Waals surface area contributed by atoms with Crippen LogP contribution < -0.4 is 0 Å². The van der Waals surface area contributed by atoms with Gasteiger partial charge in [0.05, 0.1) is 17.1 Å². The summed E-state index contributed by atoms with van der Waals surface area (Å²) in [4.78, 5) is 15.0. The minimum atomic E-state index is 0.534. The molecule has 0 spiro atoms. The standard InChI is InChI=1S/C30H21N9/c1-4-13-25(37-19-7-16-31-37)22(10-1)28-34-29(23-11-2-5-14-26(23)38-20-8-17-32-38)36-30(35-28)24-12-3-6-15-27(24)39-21-9-18-33-39/h1-21H. The second kappa shape index (κ2) is 9.64. The average Bonchev–Trinajstić information content (AvgIpc) is 3.81. The SMILES string of the molecule is c1ccc(-n2cccn2)c(-c2nc(-c3ccccc3-n3cccn3)nc(-c3ccccc3-n3cccn3)n2)c1. The number of para-hydroxylation sites is 3. The van der Waals surface area contributed by atoms with Crippen molar-refractivity contribution in [1.29, 1.82) is 0 Å². The molecule has 9 heteroatoms. The Morgan fingerprint density at radius 2 is 0.667 bits per heavy atom. The summed E-state index contributed by atoms with van der Waals surface area (Å²) in [6.07, 6.45) is 11.0. The summed E-state index contributed by atoms with van der Waals surface area (Å²) in [6.45, 7) is 0. The van der Waals surface area contributed by atoms with Gasteiger partial charge in [0, 0.05) is 53.9 Å². The quantitative estimate of drug-likeness (QED) is 0.298. The largest absolute Gasteiger partial charge is 0.240 e. The van der Waals surface area contributed by atoms with Gasteiger partial charge in [-0.15, -0.1) is 0 Å². The second-order valence-electron chi connectivity index (χ2n) is 8.71. The number of hydrogen-bond donors (Lipinski definition) is 0. The van der Waals surface area contributed by atoms with Crippen LogP contribution in [0.25, 0.3) is 51.2 Å². The Bertz CT molecular complexity index is 1620. The molecule has 0 bridgehead atoms. The maximum atomic E-state index is 5.01. The third kappa shape index (κ3) is 4.17. The van der Waals surface area contributed by atoms with Gasteiger partial charge >= 0.3 is 0 Å². The predicted molar refractivity (Wildman–Crippen MR) is 148 cm³/mol. The molecule has 0 aliphatic rings. The molecule has 0 aliphatic carbocycles. The zero-order valence-corrected chi connectivity index (χ0v) is 20.6. The highest BCUT2D eigenvalue weighted by molar-refractivity contribution is 5.76. The van der Waals surface area contributed by atoms with Crippen molar-refractivity contribution >= 4 is 0 Å². The number of aromatic nitrogens is 9. The predicted octanol–water partition coefficient (Wildman–Crippen LogP) is 5.43. The van der Waals surface area contributed by atoms with Gasteiger partial charge in [-0.2, -0.15) is 15.3 Å². The highest BCUT2D eigenvalue weighted by Crippen LogP contribution is 2.32. The minimum absolute atomic E-state index is 0.534. The van der Waals surface area contributed by atoms with Crippen LogP contribution in [0.2, 0.25) is 0 Å². The molecule has 0 N–H and O–H groups in total. The van der Waals surface area contributed by atoms with Crippen LogP contribution in [0.3, 0.4) is 0 Å². The summed E-state index contributed by atoms with van der Waals surface area (Å²) in [5, 5.41) is 13.4. The van der Waals surface area contributed by atoms with E-state index in [-0.39, 0.29) is 0 Å². The molecule has 7 aromatic rings. The molecule has 3 aromatic carbocycles. The molecule has 4 heterocycles. The van der Waals surface area contributed by atoms with E-state index in [0.717, 1.165) is 33.8 Å². The summed E-state index contributed by atoms with van der Waals surface area (Å²) in [5.74, 6) is 1.60. The first kappa shape index (κ1) is 22.5. The molecule has 0 radical (unpaired) electrons. The Morgan fingerprint density at radius 1 is 0.359 bits per heavy atom. The van der Waals surface area contributed by atoms with Gasteiger partial charge in [0.25, 0.3) is 0 Å². The maximum Gasteiger partial charge on any atom is 0.166 e. The molecule has 0 amide bonds. The third-order valence-corrected chi connectivity index (χ3v) is 6.32. The fourth-order valence-electron chi connectivity index (χ4n) is 4.56. The van der Waals surface area contributed by atoms with Gasteiger partial charge in [-0.05, 0) is 54.6 Å². The van der Waals surface area contributed by atoms with Crippen LogP contribution in [0.15, 0.2) is 128 Å². The van der Waals surface area contributed by atoms with Crippen LogP contribution in [0.1, 0.15) is 0 Å². The average molecular weight is 508 g/mol. The van der Waals surface area contributed by atoms with Gasteiger partial charge < -0.3 is 0 Å². The Labute approximate surface area is 223 Å². The molecular formula is C30H21N9. The number of hydrogen-bond acceptors (Lipinski definition) is 6. The van der Waals surface area contributed by atoms with Crippen molar-refractivity contribution in [3.05, 3.63) is 128 Å². The summed E-state index contributed by atoms with van der Waals surface area (Å²) in [7, 11) is 0.